The number of hydrogen-bond acceptors (Lipinski definition) is 3. The zero-order valence-corrected chi connectivity index (χ0v) is 14.1. The second kappa shape index (κ2) is 7.24. The van der Waals surface area contributed by atoms with Gasteiger partial charge in [0, 0.05) is 38.8 Å². The van der Waals surface area contributed by atoms with E-state index in [0.29, 0.717) is 5.41 Å². The third-order valence-corrected chi connectivity index (χ3v) is 5.23. The molecule has 0 aromatic heterocycles. The van der Waals surface area contributed by atoms with Crippen LogP contribution in [0.3, 0.4) is 0 Å². The van der Waals surface area contributed by atoms with Gasteiger partial charge in [0.1, 0.15) is 0 Å². The van der Waals surface area contributed by atoms with Crippen LogP contribution in [0.1, 0.15) is 47.0 Å². The fourth-order valence-corrected chi connectivity index (χ4v) is 3.69. The molecular formula is C17H35N3. The van der Waals surface area contributed by atoms with E-state index in [4.69, 9.17) is 0 Å². The number of nitrogens with one attached hydrogen (secondary N) is 1. The highest BCUT2D eigenvalue weighted by atomic mass is 15.3. The maximum atomic E-state index is 3.68. The Morgan fingerprint density at radius 2 is 2.05 bits per heavy atom. The molecule has 0 amide bonds. The molecule has 0 saturated carbocycles. The van der Waals surface area contributed by atoms with E-state index < -0.39 is 0 Å². The number of rotatable bonds is 7. The highest BCUT2D eigenvalue weighted by Crippen LogP contribution is 2.26. The molecule has 0 spiro atoms. The van der Waals surface area contributed by atoms with Crippen molar-refractivity contribution in [1.29, 1.82) is 0 Å². The van der Waals surface area contributed by atoms with Crippen molar-refractivity contribution in [2.45, 2.75) is 53.0 Å². The zero-order valence-electron chi connectivity index (χ0n) is 14.1. The van der Waals surface area contributed by atoms with Crippen molar-refractivity contribution in [1.82, 2.24) is 15.1 Å². The summed E-state index contributed by atoms with van der Waals surface area (Å²) < 4.78 is 0. The molecular weight excluding hydrogens is 246 g/mol. The molecule has 1 N–H and O–H groups in total. The molecule has 2 fully saturated rings. The third-order valence-electron chi connectivity index (χ3n) is 5.23. The first kappa shape index (κ1) is 16.3. The lowest BCUT2D eigenvalue weighted by Crippen LogP contribution is -2.53. The Morgan fingerprint density at radius 3 is 2.75 bits per heavy atom. The molecule has 2 aliphatic rings. The smallest absolute Gasteiger partial charge is 0.0224 e. The van der Waals surface area contributed by atoms with Crippen molar-refractivity contribution in [3.63, 3.8) is 0 Å². The molecule has 3 nitrogen and oxygen atoms in total. The Bertz CT molecular complexity index is 292. The van der Waals surface area contributed by atoms with E-state index in [2.05, 4.69) is 42.8 Å². The average molecular weight is 281 g/mol. The number of nitrogens with zero attached hydrogens (tertiary/aromatic N) is 2. The monoisotopic (exact) mass is 281 g/mol. The van der Waals surface area contributed by atoms with Crippen LogP contribution in [-0.2, 0) is 0 Å². The summed E-state index contributed by atoms with van der Waals surface area (Å²) in [5.74, 6) is 0.748. The summed E-state index contributed by atoms with van der Waals surface area (Å²) in [6.45, 7) is 18.2. The van der Waals surface area contributed by atoms with Crippen LogP contribution in [0.2, 0.25) is 0 Å². The molecule has 0 bridgehead atoms. The Balaban J connectivity index is 1.79. The van der Waals surface area contributed by atoms with Gasteiger partial charge in [0.2, 0.25) is 0 Å². The molecule has 0 aliphatic carbocycles. The predicted molar refractivity (Wildman–Crippen MR) is 87.1 cm³/mol. The van der Waals surface area contributed by atoms with Gasteiger partial charge in [0.15, 0.2) is 0 Å². The topological polar surface area (TPSA) is 18.5 Å². The highest BCUT2D eigenvalue weighted by Gasteiger charge is 2.33. The summed E-state index contributed by atoms with van der Waals surface area (Å²) in [5, 5.41) is 3.68. The normalized spacial score (nSPS) is 27.8. The van der Waals surface area contributed by atoms with Crippen molar-refractivity contribution in [3.05, 3.63) is 0 Å². The van der Waals surface area contributed by atoms with Crippen LogP contribution >= 0.6 is 0 Å². The van der Waals surface area contributed by atoms with E-state index in [1.54, 1.807) is 0 Å². The van der Waals surface area contributed by atoms with Crippen molar-refractivity contribution in [3.8, 4) is 0 Å². The van der Waals surface area contributed by atoms with E-state index in [0.717, 1.165) is 25.0 Å². The maximum Gasteiger partial charge on any atom is 0.0224 e. The number of piperazine rings is 1. The van der Waals surface area contributed by atoms with Gasteiger partial charge in [-0.2, -0.15) is 0 Å². The van der Waals surface area contributed by atoms with Crippen LogP contribution in [0.5, 0.6) is 0 Å². The quantitative estimate of drug-likeness (QED) is 0.773. The molecule has 3 heteroatoms. The van der Waals surface area contributed by atoms with Gasteiger partial charge < -0.3 is 5.32 Å². The summed E-state index contributed by atoms with van der Waals surface area (Å²) in [4.78, 5) is 5.43. The van der Waals surface area contributed by atoms with Gasteiger partial charge in [-0.15, -0.1) is 0 Å². The van der Waals surface area contributed by atoms with E-state index in [1.807, 2.05) is 0 Å². The minimum atomic E-state index is 0.426. The van der Waals surface area contributed by atoms with Crippen LogP contribution in [0.25, 0.3) is 0 Å². The van der Waals surface area contributed by atoms with E-state index >= 15 is 0 Å². The molecule has 118 valence electrons. The number of hydrogen-bond donors (Lipinski definition) is 1. The van der Waals surface area contributed by atoms with Crippen molar-refractivity contribution in [2.24, 2.45) is 11.3 Å². The predicted octanol–water partition coefficient (Wildman–Crippen LogP) is 2.43. The second-order valence-corrected chi connectivity index (χ2v) is 7.76. The maximum absolute atomic E-state index is 3.68. The Hall–Kier alpha value is -0.120. The molecule has 2 unspecified atom stereocenters. The summed E-state index contributed by atoms with van der Waals surface area (Å²) in [5.41, 5.74) is 0.426. The van der Waals surface area contributed by atoms with Gasteiger partial charge in [0.25, 0.3) is 0 Å². The molecule has 2 heterocycles. The highest BCUT2D eigenvalue weighted by molar-refractivity contribution is 4.89. The Kier molecular flexibility index (Phi) is 5.88. The summed E-state index contributed by atoms with van der Waals surface area (Å²) in [6, 6.07) is 0.855. The summed E-state index contributed by atoms with van der Waals surface area (Å²) in [6.07, 6.45) is 4.10. The van der Waals surface area contributed by atoms with E-state index in [1.165, 1.54) is 52.0 Å². The standard InChI is InChI=1S/C17H35N3/c1-5-17(4,13-18-11-15(2)3)14-19-9-10-20-8-6-7-16(20)12-19/h15-16,18H,5-14H2,1-4H3. The van der Waals surface area contributed by atoms with Crippen LogP contribution in [0.15, 0.2) is 0 Å². The van der Waals surface area contributed by atoms with Crippen molar-refractivity contribution >= 4 is 0 Å². The molecule has 2 rings (SSSR count). The first-order chi connectivity index (χ1) is 9.52. The van der Waals surface area contributed by atoms with Crippen molar-refractivity contribution in [2.75, 3.05) is 45.8 Å². The lowest BCUT2D eigenvalue weighted by Gasteiger charge is -2.42. The molecule has 0 aromatic carbocycles. The molecule has 0 aromatic rings. The zero-order chi connectivity index (χ0) is 14.6. The van der Waals surface area contributed by atoms with Gasteiger partial charge in [-0.1, -0.05) is 27.7 Å². The van der Waals surface area contributed by atoms with Gasteiger partial charge in [-0.05, 0) is 43.7 Å². The fraction of sp³-hybridized carbons (Fsp3) is 1.00. The van der Waals surface area contributed by atoms with Gasteiger partial charge >= 0.3 is 0 Å². The van der Waals surface area contributed by atoms with Crippen LogP contribution < -0.4 is 5.32 Å². The second-order valence-electron chi connectivity index (χ2n) is 7.76. The fourth-order valence-electron chi connectivity index (χ4n) is 3.69. The van der Waals surface area contributed by atoms with Gasteiger partial charge in [0.05, 0.1) is 0 Å². The van der Waals surface area contributed by atoms with E-state index in [9.17, 15) is 0 Å². The summed E-state index contributed by atoms with van der Waals surface area (Å²) >= 11 is 0. The first-order valence-corrected chi connectivity index (χ1v) is 8.69. The summed E-state index contributed by atoms with van der Waals surface area (Å²) in [7, 11) is 0. The first-order valence-electron chi connectivity index (χ1n) is 8.69. The third kappa shape index (κ3) is 4.44. The minimum absolute atomic E-state index is 0.426. The lowest BCUT2D eigenvalue weighted by atomic mass is 9.86. The van der Waals surface area contributed by atoms with E-state index in [-0.39, 0.29) is 0 Å². The minimum Gasteiger partial charge on any atom is -0.316 e. The Labute approximate surface area is 126 Å². The van der Waals surface area contributed by atoms with Crippen LogP contribution in [0, 0.1) is 11.3 Å². The molecule has 0 radical (unpaired) electrons. The molecule has 20 heavy (non-hydrogen) atoms. The van der Waals surface area contributed by atoms with Crippen LogP contribution in [-0.4, -0.2) is 61.7 Å². The SMILES string of the molecule is CCC(C)(CNCC(C)C)CN1CCN2CCCC2C1. The molecule has 2 saturated heterocycles. The largest absolute Gasteiger partial charge is 0.316 e. The number of fused-ring (bicyclic) bond motifs is 1. The van der Waals surface area contributed by atoms with Crippen molar-refractivity contribution < 1.29 is 0 Å². The molecule has 2 aliphatic heterocycles. The Morgan fingerprint density at radius 1 is 1.25 bits per heavy atom. The van der Waals surface area contributed by atoms with Crippen LogP contribution in [0.4, 0.5) is 0 Å². The average Bonchev–Trinajstić information content (AvgIpc) is 2.85. The van der Waals surface area contributed by atoms with Gasteiger partial charge in [-0.25, -0.2) is 0 Å². The van der Waals surface area contributed by atoms with Gasteiger partial charge in [-0.3, -0.25) is 9.80 Å². The lowest BCUT2D eigenvalue weighted by molar-refractivity contribution is 0.0674. The molecule has 2 atom stereocenters.